The highest BCUT2D eigenvalue weighted by Crippen LogP contribution is 2.32. The van der Waals surface area contributed by atoms with Crippen LogP contribution in [0.2, 0.25) is 0 Å². The highest BCUT2D eigenvalue weighted by Gasteiger charge is 2.34. The molecule has 2 nitrogen and oxygen atoms in total. The average molecular weight is 206 g/mol. The van der Waals surface area contributed by atoms with Crippen molar-refractivity contribution in [3.8, 4) is 0 Å². The molecule has 0 saturated heterocycles. The Morgan fingerprint density at radius 1 is 1.64 bits per heavy atom. The summed E-state index contributed by atoms with van der Waals surface area (Å²) in [7, 11) is 0. The maximum absolute atomic E-state index is 12.7. The third-order valence-corrected chi connectivity index (χ3v) is 1.62. The Morgan fingerprint density at radius 2 is 2.29 bits per heavy atom. The van der Waals surface area contributed by atoms with E-state index in [0.29, 0.717) is 0 Å². The number of hydrogen-bond acceptors (Lipinski definition) is 2. The van der Waals surface area contributed by atoms with Crippen molar-refractivity contribution < 1.29 is 22.7 Å². The first kappa shape index (κ1) is 10.8. The van der Waals surface area contributed by atoms with Gasteiger partial charge < -0.3 is 4.74 Å². The molecule has 0 saturated carbocycles. The van der Waals surface area contributed by atoms with Crippen LogP contribution in [0.15, 0.2) is 23.6 Å². The Hall–Kier alpha value is -1.26. The van der Waals surface area contributed by atoms with Crippen LogP contribution in [0.3, 0.4) is 0 Å². The Labute approximate surface area is 79.0 Å². The van der Waals surface area contributed by atoms with E-state index in [0.717, 1.165) is 6.08 Å². The van der Waals surface area contributed by atoms with Crippen LogP contribution in [0.4, 0.5) is 13.2 Å². The Morgan fingerprint density at radius 3 is 2.79 bits per heavy atom. The van der Waals surface area contributed by atoms with Gasteiger partial charge in [0.1, 0.15) is 5.83 Å². The molecule has 5 heteroatoms. The smallest absolute Gasteiger partial charge is 0.334 e. The molecule has 0 aromatic rings. The standard InChI is InChI=1S/C9H9F3O2/c1-2-14-8(13)6-3-7(10)5-9(11,12)4-6/h3,5H,2,4H2,1H3. The number of alkyl halides is 2. The van der Waals surface area contributed by atoms with E-state index in [-0.39, 0.29) is 18.3 Å². The monoisotopic (exact) mass is 206 g/mol. The van der Waals surface area contributed by atoms with Gasteiger partial charge in [0.25, 0.3) is 5.92 Å². The number of hydrogen-bond donors (Lipinski definition) is 0. The fourth-order valence-corrected chi connectivity index (χ4v) is 1.12. The number of halogens is 3. The van der Waals surface area contributed by atoms with Crippen molar-refractivity contribution in [2.45, 2.75) is 19.3 Å². The number of esters is 1. The van der Waals surface area contributed by atoms with Crippen LogP contribution in [-0.4, -0.2) is 18.5 Å². The third kappa shape index (κ3) is 2.61. The summed E-state index contributed by atoms with van der Waals surface area (Å²) in [5.74, 6) is -5.30. The van der Waals surface area contributed by atoms with E-state index in [1.165, 1.54) is 0 Å². The molecule has 0 radical (unpaired) electrons. The van der Waals surface area contributed by atoms with E-state index in [1.54, 1.807) is 6.92 Å². The molecule has 0 fully saturated rings. The molecule has 0 N–H and O–H groups in total. The molecule has 0 unspecified atom stereocenters. The van der Waals surface area contributed by atoms with Gasteiger partial charge in [0, 0.05) is 18.1 Å². The predicted molar refractivity (Wildman–Crippen MR) is 43.5 cm³/mol. The molecular formula is C9H9F3O2. The van der Waals surface area contributed by atoms with Crippen LogP contribution in [0.1, 0.15) is 13.3 Å². The Bertz CT molecular complexity index is 305. The maximum atomic E-state index is 12.7. The van der Waals surface area contributed by atoms with Crippen molar-refractivity contribution in [2.24, 2.45) is 0 Å². The molecular weight excluding hydrogens is 197 g/mol. The van der Waals surface area contributed by atoms with E-state index in [1.807, 2.05) is 0 Å². The zero-order chi connectivity index (χ0) is 10.8. The van der Waals surface area contributed by atoms with E-state index < -0.39 is 24.1 Å². The highest BCUT2D eigenvalue weighted by atomic mass is 19.3. The molecule has 0 atom stereocenters. The average Bonchev–Trinajstić information content (AvgIpc) is 2.00. The molecule has 0 aromatic carbocycles. The molecule has 1 rings (SSSR count). The van der Waals surface area contributed by atoms with Gasteiger partial charge >= 0.3 is 5.97 Å². The minimum atomic E-state index is -3.30. The second-order valence-electron chi connectivity index (χ2n) is 2.86. The summed E-state index contributed by atoms with van der Waals surface area (Å²) >= 11 is 0. The van der Waals surface area contributed by atoms with Gasteiger partial charge in [-0.2, -0.15) is 0 Å². The molecule has 0 amide bonds. The lowest BCUT2D eigenvalue weighted by Crippen LogP contribution is -2.21. The van der Waals surface area contributed by atoms with Crippen molar-refractivity contribution in [2.75, 3.05) is 6.61 Å². The Kier molecular flexibility index (Phi) is 2.98. The van der Waals surface area contributed by atoms with Gasteiger partial charge in [-0.3, -0.25) is 0 Å². The van der Waals surface area contributed by atoms with Gasteiger partial charge in [0.15, 0.2) is 0 Å². The van der Waals surface area contributed by atoms with Gasteiger partial charge in [-0.1, -0.05) is 0 Å². The van der Waals surface area contributed by atoms with Crippen LogP contribution >= 0.6 is 0 Å². The molecule has 0 bridgehead atoms. The fourth-order valence-electron chi connectivity index (χ4n) is 1.12. The van der Waals surface area contributed by atoms with E-state index >= 15 is 0 Å². The van der Waals surface area contributed by atoms with Crippen molar-refractivity contribution in [1.29, 1.82) is 0 Å². The predicted octanol–water partition coefficient (Wildman–Crippen LogP) is 2.37. The van der Waals surface area contributed by atoms with Crippen molar-refractivity contribution in [3.63, 3.8) is 0 Å². The summed E-state index contributed by atoms with van der Waals surface area (Å²) in [6, 6.07) is 0. The van der Waals surface area contributed by atoms with E-state index in [9.17, 15) is 18.0 Å². The van der Waals surface area contributed by atoms with Gasteiger partial charge in [0.05, 0.1) is 6.61 Å². The van der Waals surface area contributed by atoms with Crippen LogP contribution < -0.4 is 0 Å². The molecule has 14 heavy (non-hydrogen) atoms. The second-order valence-corrected chi connectivity index (χ2v) is 2.86. The van der Waals surface area contributed by atoms with Crippen molar-refractivity contribution in [3.05, 3.63) is 23.6 Å². The first-order valence-corrected chi connectivity index (χ1v) is 4.08. The quantitative estimate of drug-likeness (QED) is 0.648. The lowest BCUT2D eigenvalue weighted by atomic mass is 10.0. The molecule has 0 spiro atoms. The number of ether oxygens (including phenoxy) is 1. The van der Waals surface area contributed by atoms with Gasteiger partial charge in [-0.05, 0) is 13.0 Å². The summed E-state index contributed by atoms with van der Waals surface area (Å²) < 4.78 is 42.6. The minimum absolute atomic E-state index is 0.0765. The number of carbonyl (C=O) groups is 1. The Balaban J connectivity index is 2.82. The SMILES string of the molecule is CCOC(=O)C1=CC(F)=CC(F)(F)C1. The molecule has 78 valence electrons. The molecule has 0 aliphatic heterocycles. The summed E-state index contributed by atoms with van der Waals surface area (Å²) in [4.78, 5) is 11.0. The lowest BCUT2D eigenvalue weighted by Gasteiger charge is -2.17. The molecule has 1 aliphatic rings. The van der Waals surface area contributed by atoms with Crippen LogP contribution in [0.5, 0.6) is 0 Å². The fraction of sp³-hybridized carbons (Fsp3) is 0.444. The number of carbonyl (C=O) groups excluding carboxylic acids is 1. The number of allylic oxidation sites excluding steroid dienone is 3. The summed E-state index contributed by atoms with van der Waals surface area (Å²) in [5.41, 5.74) is -0.336. The first-order chi connectivity index (χ1) is 6.44. The van der Waals surface area contributed by atoms with E-state index in [2.05, 4.69) is 4.74 Å². The summed E-state index contributed by atoms with van der Waals surface area (Å²) in [5, 5.41) is 0. The topological polar surface area (TPSA) is 26.3 Å². The third-order valence-electron chi connectivity index (χ3n) is 1.62. The second kappa shape index (κ2) is 3.86. The highest BCUT2D eigenvalue weighted by molar-refractivity contribution is 5.89. The lowest BCUT2D eigenvalue weighted by molar-refractivity contribution is -0.139. The zero-order valence-corrected chi connectivity index (χ0v) is 7.52. The molecule has 0 aromatic heterocycles. The van der Waals surface area contributed by atoms with Gasteiger partial charge in [0.2, 0.25) is 0 Å². The minimum Gasteiger partial charge on any atom is -0.463 e. The van der Waals surface area contributed by atoms with Crippen molar-refractivity contribution in [1.82, 2.24) is 0 Å². The summed E-state index contributed by atoms with van der Waals surface area (Å²) in [6.07, 6.45) is 0.157. The first-order valence-electron chi connectivity index (χ1n) is 4.08. The van der Waals surface area contributed by atoms with E-state index in [4.69, 9.17) is 0 Å². The van der Waals surface area contributed by atoms with Crippen LogP contribution in [0.25, 0.3) is 0 Å². The van der Waals surface area contributed by atoms with Crippen LogP contribution in [-0.2, 0) is 9.53 Å². The van der Waals surface area contributed by atoms with Gasteiger partial charge in [-0.15, -0.1) is 0 Å². The van der Waals surface area contributed by atoms with Crippen LogP contribution in [0, 0.1) is 0 Å². The summed E-state index contributed by atoms with van der Waals surface area (Å²) in [6.45, 7) is 1.62. The number of rotatable bonds is 2. The van der Waals surface area contributed by atoms with Crippen molar-refractivity contribution >= 4 is 5.97 Å². The zero-order valence-electron chi connectivity index (χ0n) is 7.52. The molecule has 0 heterocycles. The van der Waals surface area contributed by atoms with Gasteiger partial charge in [-0.25, -0.2) is 18.0 Å². The molecule has 1 aliphatic carbocycles. The largest absolute Gasteiger partial charge is 0.463 e. The normalized spacial score (nSPS) is 19.7. The maximum Gasteiger partial charge on any atom is 0.334 e.